The summed E-state index contributed by atoms with van der Waals surface area (Å²) < 4.78 is 27.6. The Morgan fingerprint density at radius 2 is 1.72 bits per heavy atom. The minimum atomic E-state index is -0.707. The maximum Gasteiger partial charge on any atom is 0.492 e. The third-order valence-corrected chi connectivity index (χ3v) is 4.73. The molecule has 8 nitrogen and oxygen atoms in total. The highest BCUT2D eigenvalue weighted by Gasteiger charge is 2.52. The lowest BCUT2D eigenvalue weighted by molar-refractivity contribution is 0.00578. The number of carbonyl (C=O) groups excluding carboxylic acids is 2. The number of hydrogen-bond donors (Lipinski definition) is 1. The van der Waals surface area contributed by atoms with Gasteiger partial charge in [-0.2, -0.15) is 0 Å². The topological polar surface area (TPSA) is 96.2 Å². The van der Waals surface area contributed by atoms with E-state index in [9.17, 15) is 9.59 Å². The molecule has 2 rings (SSSR count). The summed E-state index contributed by atoms with van der Waals surface area (Å²) in [5.41, 5.74) is -1.11. The van der Waals surface area contributed by atoms with Crippen LogP contribution in [0.2, 0.25) is 0 Å². The zero-order valence-electron chi connectivity index (χ0n) is 18.4. The second-order valence-corrected chi connectivity index (χ2v) is 8.86. The highest BCUT2D eigenvalue weighted by atomic mass is 16.7. The molecule has 2 heterocycles. The van der Waals surface area contributed by atoms with E-state index in [1.807, 2.05) is 27.7 Å². The number of carbonyl (C=O) groups is 2. The minimum absolute atomic E-state index is 0.0760. The first-order valence-corrected chi connectivity index (χ1v) is 9.45. The van der Waals surface area contributed by atoms with E-state index >= 15 is 0 Å². The molecule has 29 heavy (non-hydrogen) atoms. The van der Waals surface area contributed by atoms with Gasteiger partial charge in [0.2, 0.25) is 5.76 Å². The monoisotopic (exact) mass is 407 g/mol. The fourth-order valence-corrected chi connectivity index (χ4v) is 2.51. The van der Waals surface area contributed by atoms with Gasteiger partial charge in [-0.05, 0) is 72.1 Å². The SMILES string of the molecule is COC(=O)c1ccc(C=C(CNC(=O)OC(C)(C)C)B2OC(C)(C)C(C)(C)O2)o1. The van der Waals surface area contributed by atoms with Crippen molar-refractivity contribution in [2.45, 2.75) is 65.3 Å². The number of alkyl carbamates (subject to hydrolysis) is 1. The van der Waals surface area contributed by atoms with Gasteiger partial charge in [0.15, 0.2) is 0 Å². The summed E-state index contributed by atoms with van der Waals surface area (Å²) in [4.78, 5) is 23.7. The van der Waals surface area contributed by atoms with Crippen LogP contribution in [0, 0.1) is 0 Å². The fraction of sp³-hybridized carbons (Fsp3) is 0.600. The average Bonchev–Trinajstić information content (AvgIpc) is 3.11. The Bertz CT molecular complexity index is 773. The Morgan fingerprint density at radius 1 is 1.14 bits per heavy atom. The Balaban J connectivity index is 2.25. The quantitative estimate of drug-likeness (QED) is 0.588. The van der Waals surface area contributed by atoms with Gasteiger partial charge in [0, 0.05) is 6.54 Å². The molecule has 1 aromatic heterocycles. The van der Waals surface area contributed by atoms with E-state index in [2.05, 4.69) is 10.1 Å². The van der Waals surface area contributed by atoms with Crippen LogP contribution in [0.1, 0.15) is 64.8 Å². The molecule has 1 aliphatic heterocycles. The molecule has 0 aromatic carbocycles. The Morgan fingerprint density at radius 3 is 2.24 bits per heavy atom. The number of furan rings is 1. The van der Waals surface area contributed by atoms with Gasteiger partial charge in [0.1, 0.15) is 11.4 Å². The molecule has 1 aromatic rings. The van der Waals surface area contributed by atoms with Gasteiger partial charge in [0.05, 0.1) is 18.3 Å². The molecule has 0 unspecified atom stereocenters. The minimum Gasteiger partial charge on any atom is -0.463 e. The summed E-state index contributed by atoms with van der Waals surface area (Å²) in [6.45, 7) is 13.2. The summed E-state index contributed by atoms with van der Waals surface area (Å²) in [6.07, 6.45) is 1.11. The molecule has 0 bridgehead atoms. The molecule has 1 amide bonds. The number of nitrogens with one attached hydrogen (secondary N) is 1. The van der Waals surface area contributed by atoms with Crippen molar-refractivity contribution in [1.29, 1.82) is 0 Å². The van der Waals surface area contributed by atoms with Crippen LogP contribution in [0.5, 0.6) is 0 Å². The molecule has 0 aliphatic carbocycles. The third kappa shape index (κ3) is 5.87. The van der Waals surface area contributed by atoms with Gasteiger partial charge in [-0.1, -0.05) is 0 Å². The Labute approximate surface area is 172 Å². The van der Waals surface area contributed by atoms with Crippen molar-refractivity contribution in [2.75, 3.05) is 13.7 Å². The lowest BCUT2D eigenvalue weighted by Gasteiger charge is -2.32. The molecule has 160 valence electrons. The van der Waals surface area contributed by atoms with Gasteiger partial charge in [-0.3, -0.25) is 0 Å². The van der Waals surface area contributed by atoms with Crippen molar-refractivity contribution in [3.8, 4) is 0 Å². The van der Waals surface area contributed by atoms with Gasteiger partial charge in [-0.25, -0.2) is 9.59 Å². The molecule has 1 aliphatic rings. The Kier molecular flexibility index (Phi) is 6.54. The van der Waals surface area contributed by atoms with Crippen molar-refractivity contribution < 1.29 is 32.8 Å². The van der Waals surface area contributed by atoms with Crippen LogP contribution in [0.3, 0.4) is 0 Å². The number of rotatable bonds is 5. The highest BCUT2D eigenvalue weighted by Crippen LogP contribution is 2.38. The highest BCUT2D eigenvalue weighted by molar-refractivity contribution is 6.56. The number of esters is 1. The molecule has 1 fully saturated rings. The lowest BCUT2D eigenvalue weighted by atomic mass is 9.77. The fourth-order valence-electron chi connectivity index (χ4n) is 2.51. The first-order valence-electron chi connectivity index (χ1n) is 9.45. The zero-order valence-corrected chi connectivity index (χ0v) is 18.4. The lowest BCUT2D eigenvalue weighted by Crippen LogP contribution is -2.41. The van der Waals surface area contributed by atoms with Crippen molar-refractivity contribution in [2.24, 2.45) is 0 Å². The predicted molar refractivity (Wildman–Crippen MR) is 108 cm³/mol. The van der Waals surface area contributed by atoms with Crippen LogP contribution >= 0.6 is 0 Å². The number of hydrogen-bond acceptors (Lipinski definition) is 7. The van der Waals surface area contributed by atoms with Crippen LogP contribution in [0.25, 0.3) is 6.08 Å². The molecule has 0 saturated carbocycles. The summed E-state index contributed by atoms with van der Waals surface area (Å²) in [6, 6.07) is 3.14. The second-order valence-electron chi connectivity index (χ2n) is 8.86. The first kappa shape index (κ1) is 23.0. The van der Waals surface area contributed by atoms with Gasteiger partial charge < -0.3 is 28.5 Å². The van der Waals surface area contributed by atoms with Crippen LogP contribution in [-0.4, -0.2) is 49.6 Å². The number of methoxy groups -OCH3 is 1. The molecule has 1 saturated heterocycles. The molecule has 9 heteroatoms. The van der Waals surface area contributed by atoms with Crippen LogP contribution in [0.4, 0.5) is 4.79 Å². The van der Waals surface area contributed by atoms with E-state index in [4.69, 9.17) is 18.5 Å². The smallest absolute Gasteiger partial charge is 0.463 e. The maximum atomic E-state index is 12.1. The molecule has 0 atom stereocenters. The van der Waals surface area contributed by atoms with Crippen molar-refractivity contribution in [1.82, 2.24) is 5.32 Å². The molecule has 0 spiro atoms. The maximum absolute atomic E-state index is 12.1. The normalized spacial score (nSPS) is 18.5. The van der Waals surface area contributed by atoms with E-state index in [0.29, 0.717) is 11.2 Å². The molecular weight excluding hydrogens is 377 g/mol. The summed E-state index contributed by atoms with van der Waals surface area (Å²) in [5.74, 6) is -0.0954. The summed E-state index contributed by atoms with van der Waals surface area (Å²) in [5, 5.41) is 2.71. The van der Waals surface area contributed by atoms with E-state index in [-0.39, 0.29) is 12.3 Å². The average molecular weight is 407 g/mol. The van der Waals surface area contributed by atoms with Crippen LogP contribution < -0.4 is 5.32 Å². The van der Waals surface area contributed by atoms with Crippen molar-refractivity contribution >= 4 is 25.3 Å². The van der Waals surface area contributed by atoms with Gasteiger partial charge >= 0.3 is 19.2 Å². The van der Waals surface area contributed by atoms with Crippen molar-refractivity contribution in [3.63, 3.8) is 0 Å². The van der Waals surface area contributed by atoms with E-state index in [0.717, 1.165) is 0 Å². The summed E-state index contributed by atoms with van der Waals surface area (Å²) >= 11 is 0. The van der Waals surface area contributed by atoms with Crippen LogP contribution in [0.15, 0.2) is 22.0 Å². The van der Waals surface area contributed by atoms with E-state index in [1.165, 1.54) is 13.2 Å². The predicted octanol–water partition coefficient (Wildman–Crippen LogP) is 3.61. The first-order chi connectivity index (χ1) is 13.2. The number of ether oxygens (including phenoxy) is 2. The van der Waals surface area contributed by atoms with E-state index < -0.39 is 36.0 Å². The number of amides is 1. The van der Waals surface area contributed by atoms with Gasteiger partial charge in [-0.15, -0.1) is 0 Å². The van der Waals surface area contributed by atoms with Gasteiger partial charge in [0.25, 0.3) is 0 Å². The largest absolute Gasteiger partial charge is 0.492 e. The molecular formula is C20H30BNO7. The zero-order chi connectivity index (χ0) is 22.0. The standard InChI is InChI=1S/C20H30BNO7/c1-18(2,3)27-17(24)22-12-13(21-28-19(4,5)20(6,7)29-21)11-14-9-10-15(26-14)16(23)25-8/h9-11H,12H2,1-8H3,(H,22,24). The molecule has 1 N–H and O–H groups in total. The third-order valence-electron chi connectivity index (χ3n) is 4.73. The van der Waals surface area contributed by atoms with E-state index in [1.54, 1.807) is 32.9 Å². The second kappa shape index (κ2) is 8.24. The summed E-state index contributed by atoms with van der Waals surface area (Å²) in [7, 11) is 0.572. The molecule has 0 radical (unpaired) electrons. The van der Waals surface area contributed by atoms with Crippen molar-refractivity contribution in [3.05, 3.63) is 29.1 Å². The Hall–Kier alpha value is -2.26. The van der Waals surface area contributed by atoms with Crippen LogP contribution in [-0.2, 0) is 18.8 Å².